The van der Waals surface area contributed by atoms with Crippen LogP contribution in [-0.4, -0.2) is 51.2 Å². The second kappa shape index (κ2) is 9.43. The molecule has 11 heteroatoms. The molecule has 1 aliphatic rings. The van der Waals surface area contributed by atoms with E-state index in [-0.39, 0.29) is 6.10 Å². The van der Waals surface area contributed by atoms with Gasteiger partial charge in [-0.05, 0) is 54.8 Å². The molecule has 1 fully saturated rings. The normalized spacial score (nSPS) is 14.0. The van der Waals surface area contributed by atoms with Gasteiger partial charge in [-0.1, -0.05) is 24.3 Å². The van der Waals surface area contributed by atoms with Gasteiger partial charge in [0.25, 0.3) is 0 Å². The molecule has 0 atom stereocenters. The van der Waals surface area contributed by atoms with Crippen LogP contribution in [0.3, 0.4) is 0 Å². The van der Waals surface area contributed by atoms with Crippen molar-refractivity contribution in [2.24, 2.45) is 0 Å². The van der Waals surface area contributed by atoms with Gasteiger partial charge in [-0.2, -0.15) is 20.7 Å². The SMILES string of the molecule is CS(O)(O)c1cccc(-c2ccc3nc(NCc4ccc(-n5cncn5)cc4)nc(OC4CC4)c3n2)c1. The zero-order valence-electron chi connectivity index (χ0n) is 20.0. The first-order valence-corrected chi connectivity index (χ1v) is 13.7. The minimum atomic E-state index is -2.83. The molecule has 0 aliphatic heterocycles. The molecule has 0 unspecified atom stereocenters. The lowest BCUT2D eigenvalue weighted by Crippen LogP contribution is -2.08. The first-order chi connectivity index (χ1) is 17.9. The number of nitrogens with zero attached hydrogens (tertiary/aromatic N) is 6. The summed E-state index contributed by atoms with van der Waals surface area (Å²) in [5.41, 5.74) is 4.67. The number of ether oxygens (including phenoxy) is 1. The molecule has 37 heavy (non-hydrogen) atoms. The number of fused-ring (bicyclic) bond motifs is 1. The largest absolute Gasteiger partial charge is 0.473 e. The van der Waals surface area contributed by atoms with Crippen LogP contribution in [0.1, 0.15) is 18.4 Å². The number of rotatable bonds is 8. The molecule has 3 N–H and O–H groups in total. The molecule has 2 aromatic carbocycles. The van der Waals surface area contributed by atoms with Gasteiger partial charge in [0.1, 0.15) is 18.8 Å². The average molecular weight is 516 g/mol. The molecule has 10 nitrogen and oxygen atoms in total. The Bertz CT molecular complexity index is 1550. The van der Waals surface area contributed by atoms with Crippen LogP contribution in [0.5, 0.6) is 5.88 Å². The lowest BCUT2D eigenvalue weighted by atomic mass is 10.1. The van der Waals surface area contributed by atoms with Gasteiger partial charge >= 0.3 is 0 Å². The molecule has 3 aromatic heterocycles. The highest BCUT2D eigenvalue weighted by Gasteiger charge is 2.26. The van der Waals surface area contributed by atoms with Crippen molar-refractivity contribution in [1.29, 1.82) is 0 Å². The number of nitrogens with one attached hydrogen (secondary N) is 1. The Labute approximate surface area is 214 Å². The standard InChI is InChI=1S/C26H25N7O3S/c1-37(34,35)21-4-2-3-18(13-21)22-11-12-23-24(30-22)25(36-20-9-10-20)32-26(31-23)28-14-17-5-7-19(8-6-17)33-16-27-15-29-33/h2-8,11-13,15-16,20,34-35H,9-10,14H2,1H3,(H,28,31,32). The van der Waals surface area contributed by atoms with Crippen LogP contribution in [-0.2, 0) is 6.54 Å². The van der Waals surface area contributed by atoms with Gasteiger partial charge in [0, 0.05) is 18.4 Å². The highest BCUT2D eigenvalue weighted by atomic mass is 32.3. The predicted molar refractivity (Wildman–Crippen MR) is 142 cm³/mol. The van der Waals surface area contributed by atoms with Crippen molar-refractivity contribution in [3.63, 3.8) is 0 Å². The van der Waals surface area contributed by atoms with Crippen molar-refractivity contribution in [3.8, 4) is 22.8 Å². The van der Waals surface area contributed by atoms with E-state index in [1.54, 1.807) is 29.2 Å². The van der Waals surface area contributed by atoms with Crippen molar-refractivity contribution >= 4 is 27.6 Å². The summed E-state index contributed by atoms with van der Waals surface area (Å²) in [5, 5.41) is 7.44. The number of benzene rings is 2. The molecule has 6 rings (SSSR count). The second-order valence-corrected chi connectivity index (χ2v) is 11.1. The summed E-state index contributed by atoms with van der Waals surface area (Å²) in [6.45, 7) is 0.535. The van der Waals surface area contributed by atoms with Gasteiger partial charge in [-0.25, -0.2) is 19.6 Å². The van der Waals surface area contributed by atoms with Crippen molar-refractivity contribution < 1.29 is 13.8 Å². The van der Waals surface area contributed by atoms with Crippen LogP contribution < -0.4 is 10.1 Å². The minimum Gasteiger partial charge on any atom is -0.473 e. The smallest absolute Gasteiger partial charge is 0.245 e. The molecule has 0 spiro atoms. The van der Waals surface area contributed by atoms with Crippen LogP contribution >= 0.6 is 10.6 Å². The number of pyridine rings is 1. The fraction of sp³-hybridized carbons (Fsp3) is 0.192. The Morgan fingerprint density at radius 2 is 1.86 bits per heavy atom. The van der Waals surface area contributed by atoms with Crippen LogP contribution in [0.15, 0.2) is 78.2 Å². The number of hydrogen-bond acceptors (Lipinski definition) is 9. The van der Waals surface area contributed by atoms with Gasteiger partial charge in [0.15, 0.2) is 5.52 Å². The van der Waals surface area contributed by atoms with Crippen molar-refractivity contribution in [3.05, 3.63) is 78.9 Å². The first kappa shape index (κ1) is 23.3. The Kier molecular flexibility index (Phi) is 5.95. The molecule has 0 bridgehead atoms. The van der Waals surface area contributed by atoms with E-state index in [2.05, 4.69) is 25.4 Å². The third-order valence-electron chi connectivity index (χ3n) is 5.96. The topological polar surface area (TPSA) is 131 Å². The number of anilines is 1. The van der Waals surface area contributed by atoms with Crippen molar-refractivity contribution in [1.82, 2.24) is 29.7 Å². The van der Waals surface area contributed by atoms with Crippen molar-refractivity contribution in [2.75, 3.05) is 11.6 Å². The summed E-state index contributed by atoms with van der Waals surface area (Å²) in [6, 6.07) is 18.9. The third kappa shape index (κ3) is 5.24. The zero-order chi connectivity index (χ0) is 25.4. The summed E-state index contributed by atoms with van der Waals surface area (Å²) in [5.74, 6) is 0.897. The highest BCUT2D eigenvalue weighted by molar-refractivity contribution is 8.23. The maximum Gasteiger partial charge on any atom is 0.245 e. The van der Waals surface area contributed by atoms with E-state index in [0.717, 1.165) is 29.7 Å². The molecule has 188 valence electrons. The molecule has 0 amide bonds. The molecular formula is C26H25N7O3S. The Balaban J connectivity index is 1.27. The third-order valence-corrected chi connectivity index (χ3v) is 7.11. The molecule has 0 radical (unpaired) electrons. The zero-order valence-corrected chi connectivity index (χ0v) is 20.8. The van der Waals surface area contributed by atoms with E-state index < -0.39 is 10.6 Å². The van der Waals surface area contributed by atoms with E-state index in [0.29, 0.717) is 40.0 Å². The van der Waals surface area contributed by atoms with E-state index >= 15 is 0 Å². The van der Waals surface area contributed by atoms with E-state index in [1.165, 1.54) is 12.6 Å². The highest BCUT2D eigenvalue weighted by Crippen LogP contribution is 2.45. The quantitative estimate of drug-likeness (QED) is 0.256. The summed E-state index contributed by atoms with van der Waals surface area (Å²) < 4.78 is 28.0. The van der Waals surface area contributed by atoms with Gasteiger partial charge in [-0.15, -0.1) is 0 Å². The van der Waals surface area contributed by atoms with Crippen LogP contribution in [0.25, 0.3) is 28.0 Å². The number of hydrogen-bond donors (Lipinski definition) is 3. The van der Waals surface area contributed by atoms with Gasteiger partial charge in [0.05, 0.1) is 21.8 Å². The minimum absolute atomic E-state index is 0.136. The Morgan fingerprint density at radius 1 is 1.03 bits per heavy atom. The van der Waals surface area contributed by atoms with Gasteiger partial charge in [0.2, 0.25) is 11.8 Å². The maximum absolute atomic E-state index is 10.1. The fourth-order valence-corrected chi connectivity index (χ4v) is 4.53. The lowest BCUT2D eigenvalue weighted by molar-refractivity contribution is 0.294. The summed E-state index contributed by atoms with van der Waals surface area (Å²) in [6.07, 6.45) is 6.69. The summed E-state index contributed by atoms with van der Waals surface area (Å²) in [7, 11) is -2.83. The predicted octanol–water partition coefficient (Wildman–Crippen LogP) is 5.17. The monoisotopic (exact) mass is 515 g/mol. The Hall–Kier alpha value is -4.06. The van der Waals surface area contributed by atoms with E-state index in [1.807, 2.05) is 42.5 Å². The maximum atomic E-state index is 10.1. The lowest BCUT2D eigenvalue weighted by Gasteiger charge is -2.27. The van der Waals surface area contributed by atoms with Gasteiger partial charge < -0.3 is 10.1 Å². The van der Waals surface area contributed by atoms with E-state index in [9.17, 15) is 9.11 Å². The second-order valence-electron chi connectivity index (χ2n) is 8.96. The van der Waals surface area contributed by atoms with Crippen LogP contribution in [0, 0.1) is 0 Å². The van der Waals surface area contributed by atoms with Gasteiger partial charge in [-0.3, -0.25) is 9.11 Å². The molecule has 1 aliphatic carbocycles. The van der Waals surface area contributed by atoms with Crippen LogP contribution in [0.2, 0.25) is 0 Å². The van der Waals surface area contributed by atoms with Crippen LogP contribution in [0.4, 0.5) is 5.95 Å². The summed E-state index contributed by atoms with van der Waals surface area (Å²) in [4.78, 5) is 18.5. The molecule has 3 heterocycles. The van der Waals surface area contributed by atoms with E-state index in [4.69, 9.17) is 9.72 Å². The number of aromatic nitrogens is 6. The Morgan fingerprint density at radius 3 is 2.59 bits per heavy atom. The first-order valence-electron chi connectivity index (χ1n) is 11.8. The fourth-order valence-electron chi connectivity index (χ4n) is 3.84. The summed E-state index contributed by atoms with van der Waals surface area (Å²) >= 11 is 0. The molecule has 1 saturated carbocycles. The molecule has 0 saturated heterocycles. The average Bonchev–Trinajstić information content (AvgIpc) is 3.55. The van der Waals surface area contributed by atoms with Crippen molar-refractivity contribution in [2.45, 2.75) is 30.4 Å². The molecule has 5 aromatic rings. The molecular weight excluding hydrogens is 490 g/mol.